The molecule has 4 nitrogen and oxygen atoms in total. The molecule has 0 aliphatic rings. The summed E-state index contributed by atoms with van der Waals surface area (Å²) in [6.07, 6.45) is 0.945. The summed E-state index contributed by atoms with van der Waals surface area (Å²) in [5.41, 5.74) is 1.83. The van der Waals surface area contributed by atoms with E-state index in [9.17, 15) is 9.18 Å². The third-order valence-corrected chi connectivity index (χ3v) is 3.45. The summed E-state index contributed by atoms with van der Waals surface area (Å²) in [6.45, 7) is 0.389. The number of hydrogen-bond acceptors (Lipinski definition) is 3. The molecule has 2 aromatic carbocycles. The van der Waals surface area contributed by atoms with Crippen LogP contribution in [0.15, 0.2) is 42.5 Å². The van der Waals surface area contributed by atoms with Gasteiger partial charge in [-0.1, -0.05) is 12.1 Å². The van der Waals surface area contributed by atoms with Gasteiger partial charge in [0.2, 0.25) is 5.91 Å². The van der Waals surface area contributed by atoms with E-state index in [-0.39, 0.29) is 11.7 Å². The minimum atomic E-state index is -0.285. The molecule has 0 heterocycles. The fourth-order valence-corrected chi connectivity index (χ4v) is 2.16. The lowest BCUT2D eigenvalue weighted by molar-refractivity contribution is -0.121. The second-order valence-electron chi connectivity index (χ2n) is 5.12. The topological polar surface area (TPSA) is 47.6 Å². The molecule has 0 aliphatic carbocycles. The number of ether oxygens (including phenoxy) is 2. The van der Waals surface area contributed by atoms with Gasteiger partial charge in [-0.15, -0.1) is 0 Å². The number of hydrogen-bond donors (Lipinski definition) is 1. The van der Waals surface area contributed by atoms with Crippen molar-refractivity contribution >= 4 is 5.91 Å². The molecule has 2 aromatic rings. The van der Waals surface area contributed by atoms with E-state index in [1.165, 1.54) is 12.1 Å². The van der Waals surface area contributed by atoms with Crippen LogP contribution in [0.4, 0.5) is 4.39 Å². The molecule has 5 heteroatoms. The van der Waals surface area contributed by atoms with Crippen LogP contribution in [0.2, 0.25) is 0 Å². The zero-order valence-corrected chi connectivity index (χ0v) is 13.3. The fourth-order valence-electron chi connectivity index (χ4n) is 2.16. The van der Waals surface area contributed by atoms with E-state index < -0.39 is 0 Å². The van der Waals surface area contributed by atoms with Gasteiger partial charge in [0.25, 0.3) is 0 Å². The van der Waals surface area contributed by atoms with Crippen LogP contribution in [0.5, 0.6) is 11.5 Å². The molecule has 0 aliphatic heterocycles. The molecule has 0 aromatic heterocycles. The number of halogens is 1. The van der Waals surface area contributed by atoms with Crippen molar-refractivity contribution in [3.63, 3.8) is 0 Å². The van der Waals surface area contributed by atoms with E-state index in [2.05, 4.69) is 5.32 Å². The third kappa shape index (κ3) is 5.29. The molecule has 0 spiro atoms. The van der Waals surface area contributed by atoms with Crippen LogP contribution in [0.3, 0.4) is 0 Å². The summed E-state index contributed by atoms with van der Waals surface area (Å²) >= 11 is 0. The number of aryl methyl sites for hydroxylation is 1. The van der Waals surface area contributed by atoms with Crippen LogP contribution in [0, 0.1) is 5.82 Å². The molecule has 0 saturated heterocycles. The summed E-state index contributed by atoms with van der Waals surface area (Å²) in [5.74, 6) is 1.06. The van der Waals surface area contributed by atoms with Crippen molar-refractivity contribution < 1.29 is 18.7 Å². The number of amides is 1. The highest BCUT2D eigenvalue weighted by Gasteiger charge is 2.06. The minimum absolute atomic E-state index is 0.0592. The average molecular weight is 317 g/mol. The predicted molar refractivity (Wildman–Crippen MR) is 86.1 cm³/mol. The lowest BCUT2D eigenvalue weighted by Gasteiger charge is -2.09. The molecule has 0 bridgehead atoms. The van der Waals surface area contributed by atoms with Gasteiger partial charge in [-0.05, 0) is 41.8 Å². The van der Waals surface area contributed by atoms with E-state index in [1.54, 1.807) is 32.4 Å². The Morgan fingerprint density at radius 2 is 1.61 bits per heavy atom. The number of carbonyl (C=O) groups excluding carboxylic acids is 1. The first-order valence-corrected chi connectivity index (χ1v) is 7.34. The molecule has 0 radical (unpaired) electrons. The Kier molecular flexibility index (Phi) is 5.97. The zero-order valence-electron chi connectivity index (χ0n) is 13.3. The number of nitrogens with one attached hydrogen (secondary N) is 1. The van der Waals surface area contributed by atoms with E-state index in [1.807, 2.05) is 12.1 Å². The zero-order chi connectivity index (χ0) is 16.7. The first-order valence-electron chi connectivity index (χ1n) is 7.34. The van der Waals surface area contributed by atoms with Gasteiger partial charge in [0, 0.05) is 19.0 Å². The van der Waals surface area contributed by atoms with Crippen molar-refractivity contribution in [2.75, 3.05) is 14.2 Å². The van der Waals surface area contributed by atoms with Crippen LogP contribution >= 0.6 is 0 Å². The molecule has 122 valence electrons. The number of rotatable bonds is 7. The van der Waals surface area contributed by atoms with Gasteiger partial charge in [-0.3, -0.25) is 4.79 Å². The molecule has 0 fully saturated rings. The smallest absolute Gasteiger partial charge is 0.220 e. The van der Waals surface area contributed by atoms with Crippen molar-refractivity contribution in [3.05, 3.63) is 59.4 Å². The maximum atomic E-state index is 12.8. The Bertz CT molecular complexity index is 634. The molecule has 23 heavy (non-hydrogen) atoms. The van der Waals surface area contributed by atoms with Gasteiger partial charge < -0.3 is 14.8 Å². The first-order chi connectivity index (χ1) is 11.1. The lowest BCUT2D eigenvalue weighted by Crippen LogP contribution is -2.23. The Hall–Kier alpha value is -2.56. The summed E-state index contributed by atoms with van der Waals surface area (Å²) in [6, 6.07) is 11.6. The fraction of sp³-hybridized carbons (Fsp3) is 0.278. The molecule has 1 N–H and O–H groups in total. The molecule has 0 unspecified atom stereocenters. The molecule has 0 atom stereocenters. The van der Waals surface area contributed by atoms with E-state index in [0.717, 1.165) is 11.1 Å². The Morgan fingerprint density at radius 1 is 1.00 bits per heavy atom. The highest BCUT2D eigenvalue weighted by atomic mass is 19.1. The van der Waals surface area contributed by atoms with E-state index >= 15 is 0 Å². The van der Waals surface area contributed by atoms with Crippen molar-refractivity contribution in [2.45, 2.75) is 19.4 Å². The van der Waals surface area contributed by atoms with Crippen LogP contribution in [-0.4, -0.2) is 20.1 Å². The number of benzene rings is 2. The minimum Gasteiger partial charge on any atom is -0.497 e. The van der Waals surface area contributed by atoms with E-state index in [0.29, 0.717) is 30.9 Å². The Labute approximate surface area is 135 Å². The summed E-state index contributed by atoms with van der Waals surface area (Å²) < 4.78 is 23.2. The largest absolute Gasteiger partial charge is 0.497 e. The summed E-state index contributed by atoms with van der Waals surface area (Å²) in [5, 5.41) is 2.82. The predicted octanol–water partition coefficient (Wildman–Crippen LogP) is 3.09. The van der Waals surface area contributed by atoms with Crippen molar-refractivity contribution in [1.29, 1.82) is 0 Å². The van der Waals surface area contributed by atoms with Gasteiger partial charge in [-0.25, -0.2) is 4.39 Å². The Balaban J connectivity index is 1.85. The molecular weight excluding hydrogens is 297 g/mol. The van der Waals surface area contributed by atoms with Gasteiger partial charge in [0.05, 0.1) is 14.2 Å². The van der Waals surface area contributed by atoms with E-state index in [4.69, 9.17) is 9.47 Å². The summed E-state index contributed by atoms with van der Waals surface area (Å²) in [7, 11) is 3.18. The number of carbonyl (C=O) groups is 1. The van der Waals surface area contributed by atoms with Crippen LogP contribution in [0.1, 0.15) is 17.5 Å². The normalized spacial score (nSPS) is 10.2. The molecular formula is C18H20FNO3. The molecule has 2 rings (SSSR count). The molecule has 0 saturated carbocycles. The first kappa shape index (κ1) is 16.8. The van der Waals surface area contributed by atoms with Crippen LogP contribution in [0.25, 0.3) is 0 Å². The second-order valence-corrected chi connectivity index (χ2v) is 5.12. The third-order valence-electron chi connectivity index (χ3n) is 3.45. The van der Waals surface area contributed by atoms with Gasteiger partial charge >= 0.3 is 0 Å². The maximum Gasteiger partial charge on any atom is 0.220 e. The standard InChI is InChI=1S/C18H20FNO3/c1-22-16-9-14(10-17(11-16)23-2)5-8-18(21)20-12-13-3-6-15(19)7-4-13/h3-4,6-7,9-11H,5,8,12H2,1-2H3,(H,20,21). The van der Waals surface area contributed by atoms with Crippen molar-refractivity contribution in [3.8, 4) is 11.5 Å². The van der Waals surface area contributed by atoms with Crippen LogP contribution < -0.4 is 14.8 Å². The quantitative estimate of drug-likeness (QED) is 0.853. The Morgan fingerprint density at radius 3 is 2.17 bits per heavy atom. The van der Waals surface area contributed by atoms with Gasteiger partial charge in [-0.2, -0.15) is 0 Å². The average Bonchev–Trinajstić information content (AvgIpc) is 2.59. The van der Waals surface area contributed by atoms with Crippen molar-refractivity contribution in [2.24, 2.45) is 0 Å². The highest BCUT2D eigenvalue weighted by molar-refractivity contribution is 5.76. The second kappa shape index (κ2) is 8.17. The van der Waals surface area contributed by atoms with Crippen LogP contribution in [-0.2, 0) is 17.8 Å². The van der Waals surface area contributed by atoms with Gasteiger partial charge in [0.1, 0.15) is 17.3 Å². The number of methoxy groups -OCH3 is 2. The monoisotopic (exact) mass is 317 g/mol. The summed E-state index contributed by atoms with van der Waals surface area (Å²) in [4.78, 5) is 11.9. The SMILES string of the molecule is COc1cc(CCC(=O)NCc2ccc(F)cc2)cc(OC)c1. The maximum absolute atomic E-state index is 12.8. The van der Waals surface area contributed by atoms with Crippen molar-refractivity contribution in [1.82, 2.24) is 5.32 Å². The molecule has 1 amide bonds. The lowest BCUT2D eigenvalue weighted by atomic mass is 10.1. The van der Waals surface area contributed by atoms with Gasteiger partial charge in [0.15, 0.2) is 0 Å². The highest BCUT2D eigenvalue weighted by Crippen LogP contribution is 2.23.